The predicted octanol–water partition coefficient (Wildman–Crippen LogP) is 0.734. The van der Waals surface area contributed by atoms with Gasteiger partial charge in [0.15, 0.2) is 0 Å². The molecular formula is C13H12N4O2S. The van der Waals surface area contributed by atoms with Crippen molar-refractivity contribution in [2.45, 2.75) is 13.1 Å². The summed E-state index contributed by atoms with van der Waals surface area (Å²) in [5.41, 5.74) is 2.04. The van der Waals surface area contributed by atoms with Crippen molar-refractivity contribution in [2.24, 2.45) is 0 Å². The number of aromatic amines is 1. The van der Waals surface area contributed by atoms with Crippen molar-refractivity contribution >= 4 is 17.0 Å². The van der Waals surface area contributed by atoms with Gasteiger partial charge in [0.25, 0.3) is 5.56 Å². The number of aromatic nitrogens is 3. The Bertz CT molecular complexity index is 849. The standard InChI is InChI=1S/C13H12N4O2S/c18-12-5-9(15-11-3-1-2-4-17(11)12)6-14-7-10-8-20-13(19)16-10/h1-5,8,14H,6-7H2,(H,16,19). The molecule has 3 aromatic heterocycles. The van der Waals surface area contributed by atoms with Crippen molar-refractivity contribution < 1.29 is 0 Å². The second-order valence-electron chi connectivity index (χ2n) is 4.29. The van der Waals surface area contributed by atoms with E-state index in [4.69, 9.17) is 0 Å². The minimum atomic E-state index is -0.101. The molecule has 2 N–H and O–H groups in total. The Balaban J connectivity index is 1.74. The zero-order valence-electron chi connectivity index (χ0n) is 10.5. The Morgan fingerprint density at radius 1 is 1.30 bits per heavy atom. The number of hydrogen-bond donors (Lipinski definition) is 2. The minimum absolute atomic E-state index is 0.0659. The van der Waals surface area contributed by atoms with Crippen LogP contribution in [0, 0.1) is 0 Å². The van der Waals surface area contributed by atoms with E-state index in [0.29, 0.717) is 24.4 Å². The Labute approximate surface area is 117 Å². The number of nitrogens with zero attached hydrogens (tertiary/aromatic N) is 2. The smallest absolute Gasteiger partial charge is 0.304 e. The van der Waals surface area contributed by atoms with Crippen LogP contribution in [0.1, 0.15) is 11.4 Å². The largest absolute Gasteiger partial charge is 0.315 e. The van der Waals surface area contributed by atoms with Gasteiger partial charge in [0.05, 0.1) is 5.69 Å². The fourth-order valence-corrected chi connectivity index (χ4v) is 2.50. The van der Waals surface area contributed by atoms with Crippen LogP contribution < -0.4 is 15.7 Å². The Hall–Kier alpha value is -2.25. The maximum absolute atomic E-state index is 11.9. The van der Waals surface area contributed by atoms with Crippen molar-refractivity contribution in [3.8, 4) is 0 Å². The van der Waals surface area contributed by atoms with Gasteiger partial charge in [-0.2, -0.15) is 0 Å². The molecule has 3 heterocycles. The van der Waals surface area contributed by atoms with Crippen LogP contribution in [0.2, 0.25) is 0 Å². The van der Waals surface area contributed by atoms with Crippen LogP contribution in [-0.2, 0) is 13.1 Å². The molecule has 0 unspecified atom stereocenters. The first-order valence-corrected chi connectivity index (χ1v) is 6.95. The number of hydrogen-bond acceptors (Lipinski definition) is 5. The summed E-state index contributed by atoms with van der Waals surface area (Å²) in [5.74, 6) is 0. The summed E-state index contributed by atoms with van der Waals surface area (Å²) in [7, 11) is 0. The van der Waals surface area contributed by atoms with E-state index in [-0.39, 0.29) is 10.4 Å². The second-order valence-corrected chi connectivity index (χ2v) is 5.13. The van der Waals surface area contributed by atoms with Crippen molar-refractivity contribution in [1.29, 1.82) is 0 Å². The average molecular weight is 288 g/mol. The fraction of sp³-hybridized carbons (Fsp3) is 0.154. The molecule has 0 aliphatic heterocycles. The molecule has 102 valence electrons. The van der Waals surface area contributed by atoms with Crippen LogP contribution in [0.5, 0.6) is 0 Å². The molecule has 0 aliphatic carbocycles. The highest BCUT2D eigenvalue weighted by molar-refractivity contribution is 7.07. The number of pyridine rings is 1. The molecule has 3 aromatic rings. The van der Waals surface area contributed by atoms with Gasteiger partial charge in [-0.1, -0.05) is 17.4 Å². The lowest BCUT2D eigenvalue weighted by Crippen LogP contribution is -2.20. The van der Waals surface area contributed by atoms with E-state index in [9.17, 15) is 9.59 Å². The van der Waals surface area contributed by atoms with Gasteiger partial charge >= 0.3 is 4.87 Å². The average Bonchev–Trinajstić information content (AvgIpc) is 2.85. The first-order chi connectivity index (χ1) is 9.72. The predicted molar refractivity (Wildman–Crippen MR) is 76.9 cm³/mol. The lowest BCUT2D eigenvalue weighted by molar-refractivity contribution is 0.668. The van der Waals surface area contributed by atoms with Crippen molar-refractivity contribution in [2.75, 3.05) is 0 Å². The molecule has 0 fully saturated rings. The van der Waals surface area contributed by atoms with E-state index in [1.54, 1.807) is 23.7 Å². The van der Waals surface area contributed by atoms with Crippen LogP contribution in [0.15, 0.2) is 45.4 Å². The van der Waals surface area contributed by atoms with E-state index in [1.165, 1.54) is 10.5 Å². The van der Waals surface area contributed by atoms with Gasteiger partial charge in [0.1, 0.15) is 5.65 Å². The zero-order chi connectivity index (χ0) is 13.9. The van der Waals surface area contributed by atoms with Crippen molar-refractivity contribution in [3.63, 3.8) is 0 Å². The summed E-state index contributed by atoms with van der Waals surface area (Å²) < 4.78 is 1.50. The quantitative estimate of drug-likeness (QED) is 0.742. The fourth-order valence-electron chi connectivity index (χ4n) is 1.92. The number of H-pyrrole nitrogens is 1. The number of rotatable bonds is 4. The summed E-state index contributed by atoms with van der Waals surface area (Å²) in [4.78, 5) is 29.9. The molecule has 0 radical (unpaired) electrons. The molecule has 0 aliphatic rings. The molecule has 0 saturated carbocycles. The van der Waals surface area contributed by atoms with Gasteiger partial charge in [-0.15, -0.1) is 0 Å². The summed E-state index contributed by atoms with van der Waals surface area (Å²) in [6, 6.07) is 6.94. The van der Waals surface area contributed by atoms with E-state index < -0.39 is 0 Å². The van der Waals surface area contributed by atoms with Gasteiger partial charge in [-0.25, -0.2) is 4.98 Å². The molecule has 0 spiro atoms. The highest BCUT2D eigenvalue weighted by atomic mass is 32.1. The summed E-state index contributed by atoms with van der Waals surface area (Å²) in [5, 5.41) is 4.92. The van der Waals surface area contributed by atoms with Gasteiger partial charge in [-0.05, 0) is 12.1 Å². The monoisotopic (exact) mass is 288 g/mol. The summed E-state index contributed by atoms with van der Waals surface area (Å²) in [6.45, 7) is 1.01. The zero-order valence-corrected chi connectivity index (χ0v) is 11.3. The third-order valence-corrected chi connectivity index (χ3v) is 3.53. The summed E-state index contributed by atoms with van der Waals surface area (Å²) in [6.07, 6.45) is 1.69. The van der Waals surface area contributed by atoms with Gasteiger partial charge in [0, 0.05) is 36.4 Å². The van der Waals surface area contributed by atoms with E-state index in [2.05, 4.69) is 15.3 Å². The Morgan fingerprint density at radius 3 is 3.00 bits per heavy atom. The molecule has 0 amide bonds. The van der Waals surface area contributed by atoms with Crippen LogP contribution in [-0.4, -0.2) is 14.4 Å². The SMILES string of the molecule is O=c1[nH]c(CNCc2cc(=O)n3ccccc3n2)cs1. The molecule has 0 bridgehead atoms. The Morgan fingerprint density at radius 2 is 2.20 bits per heavy atom. The van der Waals surface area contributed by atoms with Crippen molar-refractivity contribution in [3.05, 3.63) is 67.3 Å². The third-order valence-electron chi connectivity index (χ3n) is 2.82. The van der Waals surface area contributed by atoms with Crippen LogP contribution in [0.4, 0.5) is 0 Å². The van der Waals surface area contributed by atoms with E-state index >= 15 is 0 Å². The lowest BCUT2D eigenvalue weighted by Gasteiger charge is -2.04. The highest BCUT2D eigenvalue weighted by Gasteiger charge is 2.02. The van der Waals surface area contributed by atoms with Crippen LogP contribution in [0.25, 0.3) is 5.65 Å². The molecule has 7 heteroatoms. The first kappa shape index (κ1) is 12.8. The molecule has 0 saturated heterocycles. The van der Waals surface area contributed by atoms with Crippen LogP contribution in [0.3, 0.4) is 0 Å². The summed E-state index contributed by atoms with van der Waals surface area (Å²) >= 11 is 1.13. The molecule has 0 atom stereocenters. The number of nitrogens with one attached hydrogen (secondary N) is 2. The maximum atomic E-state index is 11.9. The van der Waals surface area contributed by atoms with Crippen LogP contribution >= 0.6 is 11.3 Å². The first-order valence-electron chi connectivity index (χ1n) is 6.07. The molecule has 6 nitrogen and oxygen atoms in total. The third kappa shape index (κ3) is 2.68. The van der Waals surface area contributed by atoms with Gasteiger partial charge in [-0.3, -0.25) is 14.0 Å². The van der Waals surface area contributed by atoms with Gasteiger partial charge < -0.3 is 10.3 Å². The number of thiazole rings is 1. The molecule has 3 rings (SSSR count). The number of fused-ring (bicyclic) bond motifs is 1. The molecule has 20 heavy (non-hydrogen) atoms. The highest BCUT2D eigenvalue weighted by Crippen LogP contribution is 1.99. The van der Waals surface area contributed by atoms with E-state index in [0.717, 1.165) is 17.0 Å². The second kappa shape index (κ2) is 5.40. The maximum Gasteiger partial charge on any atom is 0.304 e. The minimum Gasteiger partial charge on any atom is -0.315 e. The topological polar surface area (TPSA) is 79.3 Å². The molecule has 0 aromatic carbocycles. The van der Waals surface area contributed by atoms with Crippen molar-refractivity contribution in [1.82, 2.24) is 19.7 Å². The van der Waals surface area contributed by atoms with E-state index in [1.807, 2.05) is 6.07 Å². The van der Waals surface area contributed by atoms with Gasteiger partial charge in [0.2, 0.25) is 0 Å². The normalized spacial score (nSPS) is 11.0. The Kier molecular flexibility index (Phi) is 3.44. The lowest BCUT2D eigenvalue weighted by atomic mass is 10.3. The molecular weight excluding hydrogens is 276 g/mol.